The number of carbonyl (C=O) groups is 2. The van der Waals surface area contributed by atoms with Crippen molar-refractivity contribution in [3.8, 4) is 0 Å². The fraction of sp³-hybridized carbons (Fsp3) is 0.841. The van der Waals surface area contributed by atoms with E-state index in [2.05, 4.69) is 55.6 Å². The monoisotopic (exact) mass is 968 g/mol. The van der Waals surface area contributed by atoms with Crippen LogP contribution in [0.1, 0.15) is 316 Å². The molecule has 404 valence electrons. The number of allylic oxidation sites excluding steroid dienone is 7. The van der Waals surface area contributed by atoms with Crippen LogP contribution in [-0.4, -0.2) is 47.4 Å². The lowest BCUT2D eigenvalue weighted by molar-refractivity contribution is -0.143. The number of rotatable bonds is 56. The Kier molecular flexibility index (Phi) is 56.5. The third-order valence-electron chi connectivity index (χ3n) is 13.8. The molecule has 3 N–H and O–H groups in total. The van der Waals surface area contributed by atoms with Gasteiger partial charge in [0.05, 0.1) is 25.4 Å². The number of esters is 1. The van der Waals surface area contributed by atoms with Crippen LogP contribution in [0.5, 0.6) is 0 Å². The molecule has 0 saturated carbocycles. The molecule has 6 nitrogen and oxygen atoms in total. The van der Waals surface area contributed by atoms with Gasteiger partial charge in [0.15, 0.2) is 0 Å². The van der Waals surface area contributed by atoms with Gasteiger partial charge in [-0.05, 0) is 89.9 Å². The van der Waals surface area contributed by atoms with E-state index < -0.39 is 12.1 Å². The zero-order valence-corrected chi connectivity index (χ0v) is 46.0. The van der Waals surface area contributed by atoms with Crippen molar-refractivity contribution in [2.45, 2.75) is 328 Å². The maximum atomic E-state index is 12.4. The second-order valence-electron chi connectivity index (χ2n) is 20.7. The maximum absolute atomic E-state index is 12.4. The Bertz CT molecular complexity index is 1160. The molecule has 0 heterocycles. The third-order valence-corrected chi connectivity index (χ3v) is 13.8. The first-order valence-corrected chi connectivity index (χ1v) is 30.4. The van der Waals surface area contributed by atoms with Gasteiger partial charge in [-0.15, -0.1) is 0 Å². The van der Waals surface area contributed by atoms with Gasteiger partial charge < -0.3 is 20.3 Å². The van der Waals surface area contributed by atoms with Crippen LogP contribution in [0, 0.1) is 0 Å². The predicted molar refractivity (Wildman–Crippen MR) is 301 cm³/mol. The molecule has 0 aromatic carbocycles. The molecule has 1 amide bonds. The predicted octanol–water partition coefficient (Wildman–Crippen LogP) is 19.0. The summed E-state index contributed by atoms with van der Waals surface area (Å²) in [5.74, 6) is -0.0726. The van der Waals surface area contributed by atoms with Crippen molar-refractivity contribution in [2.75, 3.05) is 13.2 Å². The number of ether oxygens (including phenoxy) is 1. The average Bonchev–Trinajstić information content (AvgIpc) is 3.35. The molecule has 0 bridgehead atoms. The van der Waals surface area contributed by atoms with Crippen molar-refractivity contribution < 1.29 is 24.5 Å². The summed E-state index contributed by atoms with van der Waals surface area (Å²) < 4.78 is 5.49. The highest BCUT2D eigenvalue weighted by molar-refractivity contribution is 5.76. The molecule has 0 rings (SSSR count). The van der Waals surface area contributed by atoms with Crippen LogP contribution in [0.15, 0.2) is 48.6 Å². The Morgan fingerprint density at radius 1 is 0.406 bits per heavy atom. The number of aliphatic hydroxyl groups is 2. The Balaban J connectivity index is 3.42. The number of hydrogen-bond donors (Lipinski definition) is 3. The van der Waals surface area contributed by atoms with Gasteiger partial charge in [-0.2, -0.15) is 0 Å². The van der Waals surface area contributed by atoms with E-state index in [1.807, 2.05) is 6.08 Å². The number of hydrogen-bond acceptors (Lipinski definition) is 5. The van der Waals surface area contributed by atoms with Crippen molar-refractivity contribution >= 4 is 11.9 Å². The molecular weight excluding hydrogens is 851 g/mol. The summed E-state index contributed by atoms with van der Waals surface area (Å²) in [6, 6.07) is -0.632. The average molecular weight is 969 g/mol. The van der Waals surface area contributed by atoms with E-state index in [9.17, 15) is 19.8 Å². The first-order chi connectivity index (χ1) is 34.0. The molecule has 0 fully saturated rings. The summed E-state index contributed by atoms with van der Waals surface area (Å²) in [5, 5.41) is 23.0. The van der Waals surface area contributed by atoms with E-state index in [0.29, 0.717) is 19.4 Å². The number of unbranched alkanes of at least 4 members (excludes halogenated alkanes) is 39. The van der Waals surface area contributed by atoms with Gasteiger partial charge >= 0.3 is 5.97 Å². The Labute approximate surface area is 429 Å². The summed E-state index contributed by atoms with van der Waals surface area (Å²) in [5.41, 5.74) is 0. The lowest BCUT2D eigenvalue weighted by Crippen LogP contribution is -2.45. The first-order valence-electron chi connectivity index (χ1n) is 30.4. The minimum absolute atomic E-state index is 0.00275. The molecule has 0 aliphatic carbocycles. The largest absolute Gasteiger partial charge is 0.466 e. The van der Waals surface area contributed by atoms with E-state index in [4.69, 9.17) is 4.74 Å². The normalized spacial score (nSPS) is 12.9. The van der Waals surface area contributed by atoms with Gasteiger partial charge in [-0.25, -0.2) is 0 Å². The second-order valence-corrected chi connectivity index (χ2v) is 20.7. The Morgan fingerprint density at radius 3 is 1.14 bits per heavy atom. The van der Waals surface area contributed by atoms with Crippen LogP contribution in [0.3, 0.4) is 0 Å². The van der Waals surface area contributed by atoms with Crippen molar-refractivity contribution in [2.24, 2.45) is 0 Å². The molecule has 0 aromatic rings. The van der Waals surface area contributed by atoms with Crippen LogP contribution in [0.2, 0.25) is 0 Å². The third kappa shape index (κ3) is 55.0. The zero-order valence-electron chi connectivity index (χ0n) is 46.0. The van der Waals surface area contributed by atoms with Gasteiger partial charge in [0.1, 0.15) is 0 Å². The minimum Gasteiger partial charge on any atom is -0.466 e. The highest BCUT2D eigenvalue weighted by Crippen LogP contribution is 2.16. The minimum atomic E-state index is -0.848. The first kappa shape index (κ1) is 66.8. The molecule has 2 atom stereocenters. The Hall–Kier alpha value is -2.18. The summed E-state index contributed by atoms with van der Waals surface area (Å²) in [6.07, 6.45) is 74.3. The summed E-state index contributed by atoms with van der Waals surface area (Å²) >= 11 is 0. The lowest BCUT2D eigenvalue weighted by Gasteiger charge is -2.20. The zero-order chi connectivity index (χ0) is 50.0. The van der Waals surface area contributed by atoms with Crippen LogP contribution in [0.4, 0.5) is 0 Å². The number of amides is 1. The molecule has 0 aliphatic heterocycles. The van der Waals surface area contributed by atoms with Gasteiger partial charge in [0.2, 0.25) is 5.91 Å². The maximum Gasteiger partial charge on any atom is 0.305 e. The number of carbonyl (C=O) groups excluding carboxylic acids is 2. The van der Waals surface area contributed by atoms with Gasteiger partial charge in [0.25, 0.3) is 0 Å². The summed E-state index contributed by atoms with van der Waals surface area (Å²) in [7, 11) is 0. The SMILES string of the molecule is CCCCC/C=C\C/C=C\CCCCCCCCCC(=O)OCCCCCCCCCCCCCC/C=C\CCCCCCCCCC(=O)NC(CO)C(O)/C=C/CCCCCCCCCCCC. The second kappa shape index (κ2) is 58.4. The molecule has 0 saturated heterocycles. The number of aliphatic hydroxyl groups excluding tert-OH is 2. The van der Waals surface area contributed by atoms with Crippen LogP contribution < -0.4 is 5.32 Å². The molecule has 6 heteroatoms. The molecule has 69 heavy (non-hydrogen) atoms. The molecule has 2 unspecified atom stereocenters. The summed E-state index contributed by atoms with van der Waals surface area (Å²) in [6.45, 7) is 4.87. The van der Waals surface area contributed by atoms with Crippen molar-refractivity contribution in [3.05, 3.63) is 48.6 Å². The molecular formula is C63H117NO5. The van der Waals surface area contributed by atoms with Gasteiger partial charge in [-0.1, -0.05) is 262 Å². The Morgan fingerprint density at radius 2 is 0.725 bits per heavy atom. The van der Waals surface area contributed by atoms with Gasteiger partial charge in [-0.3, -0.25) is 9.59 Å². The molecule has 0 radical (unpaired) electrons. The van der Waals surface area contributed by atoms with E-state index in [-0.39, 0.29) is 18.5 Å². The van der Waals surface area contributed by atoms with Crippen LogP contribution in [-0.2, 0) is 14.3 Å². The smallest absolute Gasteiger partial charge is 0.305 e. The van der Waals surface area contributed by atoms with Crippen molar-refractivity contribution in [3.63, 3.8) is 0 Å². The van der Waals surface area contributed by atoms with Gasteiger partial charge in [0, 0.05) is 12.8 Å². The highest BCUT2D eigenvalue weighted by atomic mass is 16.5. The van der Waals surface area contributed by atoms with Crippen LogP contribution >= 0.6 is 0 Å². The summed E-state index contributed by atoms with van der Waals surface area (Å²) in [4.78, 5) is 24.5. The van der Waals surface area contributed by atoms with Crippen molar-refractivity contribution in [1.29, 1.82) is 0 Å². The fourth-order valence-corrected chi connectivity index (χ4v) is 9.13. The molecule has 0 aliphatic rings. The van der Waals surface area contributed by atoms with E-state index in [1.54, 1.807) is 6.08 Å². The topological polar surface area (TPSA) is 95.9 Å². The van der Waals surface area contributed by atoms with E-state index in [0.717, 1.165) is 57.8 Å². The standard InChI is InChI=1S/C63H117NO5/c1-3-5-7-9-11-13-15-17-18-26-30-33-37-41-45-49-53-57-63(68)69-58-54-50-46-42-38-34-31-28-25-23-21-19-20-22-24-27-29-32-36-40-44-48-52-56-62(67)64-60(59-65)61(66)55-51-47-43-39-35-16-14-12-10-8-6-4-2/h11,13,17-18,22,24,51,55,60-61,65-66H,3-10,12,14-16,19-21,23,25-50,52-54,56-59H2,1-2H3,(H,64,67)/b13-11-,18-17-,24-22-,55-51+. The van der Waals surface area contributed by atoms with Crippen molar-refractivity contribution in [1.82, 2.24) is 5.32 Å². The molecule has 0 spiro atoms. The van der Waals surface area contributed by atoms with E-state index in [1.165, 1.54) is 231 Å². The fourth-order valence-electron chi connectivity index (χ4n) is 9.13. The lowest BCUT2D eigenvalue weighted by atomic mass is 10.0. The van der Waals surface area contributed by atoms with Crippen LogP contribution in [0.25, 0.3) is 0 Å². The quantitative estimate of drug-likeness (QED) is 0.0321. The molecule has 0 aromatic heterocycles. The highest BCUT2D eigenvalue weighted by Gasteiger charge is 2.18. The van der Waals surface area contributed by atoms with E-state index >= 15 is 0 Å². The number of nitrogens with one attached hydrogen (secondary N) is 1.